The summed E-state index contributed by atoms with van der Waals surface area (Å²) in [4.78, 5) is 0. The van der Waals surface area contributed by atoms with Crippen LogP contribution in [0.2, 0.25) is 0 Å². The molecule has 0 aliphatic carbocycles. The van der Waals surface area contributed by atoms with Crippen LogP contribution >= 0.6 is 17.4 Å². The van der Waals surface area contributed by atoms with Gasteiger partial charge in [-0.2, -0.15) is 0 Å². The van der Waals surface area contributed by atoms with Crippen molar-refractivity contribution in [2.45, 2.75) is 0 Å². The van der Waals surface area contributed by atoms with Crippen LogP contribution in [-0.2, 0) is 0 Å². The van der Waals surface area contributed by atoms with Crippen LogP contribution in [0.25, 0.3) is 0 Å². The zero-order valence-corrected chi connectivity index (χ0v) is 6.68. The van der Waals surface area contributed by atoms with Gasteiger partial charge in [-0.3, -0.25) is 0 Å². The molecular formula is C8P2. The summed E-state index contributed by atoms with van der Waals surface area (Å²) in [7, 11) is 7.22. The van der Waals surface area contributed by atoms with Crippen LogP contribution in [0.1, 0.15) is 0 Å². The van der Waals surface area contributed by atoms with Crippen LogP contribution in [0.4, 0.5) is 0 Å². The third kappa shape index (κ3) is 7.10. The summed E-state index contributed by atoms with van der Waals surface area (Å²) in [5, 5.41) is 0. The summed E-state index contributed by atoms with van der Waals surface area (Å²) in [5.74, 6) is 14.6. The van der Waals surface area contributed by atoms with E-state index in [0.717, 1.165) is 0 Å². The normalized spacial score (nSPS) is 3.40. The molecular weight excluding hydrogens is 158 g/mol. The van der Waals surface area contributed by atoms with Crippen molar-refractivity contribution >= 4 is 17.4 Å². The van der Waals surface area contributed by atoms with Crippen molar-refractivity contribution in [3.05, 3.63) is 0 Å². The fourth-order valence-corrected chi connectivity index (χ4v) is 0.293. The molecule has 0 atom stereocenters. The van der Waals surface area contributed by atoms with Gasteiger partial charge in [0.15, 0.2) is 0 Å². The fraction of sp³-hybridized carbons (Fsp3) is 0. The van der Waals surface area contributed by atoms with Crippen molar-refractivity contribution in [3.63, 3.8) is 0 Å². The van der Waals surface area contributed by atoms with Crippen molar-refractivity contribution in [1.29, 1.82) is 0 Å². The molecule has 0 N–H and O–H groups in total. The zero-order valence-electron chi connectivity index (χ0n) is 4.89. The topological polar surface area (TPSA) is 0 Å². The van der Waals surface area contributed by atoms with Gasteiger partial charge in [0.25, 0.3) is 0 Å². The monoisotopic (exact) mass is 158 g/mol. The van der Waals surface area contributed by atoms with Gasteiger partial charge in [0.05, 0.1) is 0 Å². The molecule has 10 heavy (non-hydrogen) atoms. The molecule has 0 unspecified atom stereocenters. The van der Waals surface area contributed by atoms with Crippen LogP contribution in [0.3, 0.4) is 0 Å². The first-order chi connectivity index (χ1) is 4.91. The van der Waals surface area contributed by atoms with Crippen LogP contribution in [-0.4, -0.2) is 0 Å². The van der Waals surface area contributed by atoms with Gasteiger partial charge in [0.1, 0.15) is 0 Å². The Kier molecular flexibility index (Phi) is 7.37. The molecule has 0 saturated heterocycles. The van der Waals surface area contributed by atoms with Crippen molar-refractivity contribution in [1.82, 2.24) is 0 Å². The van der Waals surface area contributed by atoms with Crippen LogP contribution in [0, 0.1) is 46.8 Å². The summed E-state index contributed by atoms with van der Waals surface area (Å²) >= 11 is 0. The van der Waals surface area contributed by atoms with Gasteiger partial charge in [-0.05, 0) is 0 Å². The average molecular weight is 158 g/mol. The molecule has 0 fully saturated rings. The Labute approximate surface area is 64.8 Å². The maximum absolute atomic E-state index is 3.61. The SMILES string of the molecule is P#CC#CC#CC#CC#P. The van der Waals surface area contributed by atoms with Crippen LogP contribution < -0.4 is 0 Å². The van der Waals surface area contributed by atoms with Gasteiger partial charge in [0.2, 0.25) is 0 Å². The van der Waals surface area contributed by atoms with E-state index in [0.29, 0.717) is 0 Å². The molecule has 0 spiro atoms. The summed E-state index contributed by atoms with van der Waals surface area (Å²) < 4.78 is 0. The first-order valence-corrected chi connectivity index (χ1v) is 3.09. The summed E-state index contributed by atoms with van der Waals surface area (Å²) in [6.07, 6.45) is 0. The summed E-state index contributed by atoms with van der Waals surface area (Å²) in [5.41, 5.74) is 4.62. The van der Waals surface area contributed by atoms with Gasteiger partial charge in [-0.15, -0.1) is 0 Å². The zero-order chi connectivity index (χ0) is 7.66. The minimum absolute atomic E-state index is 2.31. The van der Waals surface area contributed by atoms with Gasteiger partial charge < -0.3 is 0 Å². The quantitative estimate of drug-likeness (QED) is 0.372. The number of hydrogen-bond donors (Lipinski definition) is 0. The molecule has 42 valence electrons. The summed E-state index contributed by atoms with van der Waals surface area (Å²) in [6, 6.07) is 0. The second kappa shape index (κ2) is 8.10. The maximum atomic E-state index is 3.61. The summed E-state index contributed by atoms with van der Waals surface area (Å²) in [6.45, 7) is 0. The van der Waals surface area contributed by atoms with Gasteiger partial charge in [-0.1, -0.05) is 0 Å². The first kappa shape index (κ1) is 9.10. The third-order valence-corrected chi connectivity index (χ3v) is 0.648. The van der Waals surface area contributed by atoms with Crippen LogP contribution in [0.15, 0.2) is 0 Å². The Balaban J connectivity index is 4.01. The van der Waals surface area contributed by atoms with E-state index in [2.05, 4.69) is 64.2 Å². The Morgan fingerprint density at radius 2 is 0.800 bits per heavy atom. The second-order valence-corrected chi connectivity index (χ2v) is 1.42. The van der Waals surface area contributed by atoms with Crippen LogP contribution in [0.5, 0.6) is 0 Å². The molecule has 0 radical (unpaired) electrons. The Morgan fingerprint density at radius 1 is 0.500 bits per heavy atom. The third-order valence-electron chi connectivity index (χ3n) is 0.424. The van der Waals surface area contributed by atoms with E-state index in [9.17, 15) is 0 Å². The van der Waals surface area contributed by atoms with E-state index >= 15 is 0 Å². The Hall–Kier alpha value is -0.900. The Bertz CT molecular complexity index is 322. The van der Waals surface area contributed by atoms with E-state index in [1.807, 2.05) is 0 Å². The van der Waals surface area contributed by atoms with Crippen molar-refractivity contribution in [2.75, 3.05) is 0 Å². The van der Waals surface area contributed by atoms with Crippen molar-refractivity contribution in [2.24, 2.45) is 0 Å². The van der Waals surface area contributed by atoms with E-state index in [-0.39, 0.29) is 0 Å². The average Bonchev–Trinajstić information content (AvgIpc) is 1.97. The molecule has 0 aliphatic rings. The predicted octanol–water partition coefficient (Wildman–Crippen LogP) is 1.74. The molecule has 0 aromatic heterocycles. The molecule has 0 saturated carbocycles. The van der Waals surface area contributed by atoms with Gasteiger partial charge >= 0.3 is 64.2 Å². The molecule has 0 heterocycles. The van der Waals surface area contributed by atoms with Crippen molar-refractivity contribution in [3.8, 4) is 46.8 Å². The molecule has 0 rings (SSSR count). The first-order valence-electron chi connectivity index (χ1n) is 2.20. The van der Waals surface area contributed by atoms with E-state index in [1.165, 1.54) is 0 Å². The second-order valence-electron chi connectivity index (χ2n) is 0.974. The Morgan fingerprint density at radius 3 is 1.10 bits per heavy atom. The molecule has 0 amide bonds. The molecule has 0 aromatic rings. The molecule has 0 bridgehead atoms. The van der Waals surface area contributed by atoms with Gasteiger partial charge in [-0.25, -0.2) is 0 Å². The standard InChI is InChI=1S/C8P2/c9-7-5-3-1-2-4-6-8-10. The molecule has 0 nitrogen and oxygen atoms in total. The molecule has 0 aliphatic heterocycles. The number of rotatable bonds is 0. The van der Waals surface area contributed by atoms with E-state index < -0.39 is 0 Å². The molecule has 2 heteroatoms. The fourth-order valence-electron chi connectivity index (χ4n) is 0.181. The van der Waals surface area contributed by atoms with E-state index in [4.69, 9.17) is 0 Å². The minimum atomic E-state index is 2.31. The molecule has 0 aromatic carbocycles. The van der Waals surface area contributed by atoms with Crippen molar-refractivity contribution < 1.29 is 0 Å². The number of hydrogen-bond acceptors (Lipinski definition) is 0. The predicted molar refractivity (Wildman–Crippen MR) is 44.9 cm³/mol. The van der Waals surface area contributed by atoms with E-state index in [1.54, 1.807) is 0 Å². The van der Waals surface area contributed by atoms with Gasteiger partial charge in [0, 0.05) is 0 Å².